The van der Waals surface area contributed by atoms with E-state index in [1.807, 2.05) is 48.5 Å². The molecule has 0 fully saturated rings. The molecule has 0 atom stereocenters. The summed E-state index contributed by atoms with van der Waals surface area (Å²) in [5.74, 6) is -1.99. The summed E-state index contributed by atoms with van der Waals surface area (Å²) in [6.07, 6.45) is 3.14. The Morgan fingerprint density at radius 1 is 0.630 bits per heavy atom. The van der Waals surface area contributed by atoms with Crippen molar-refractivity contribution in [2.24, 2.45) is 0 Å². The molecule has 27 heavy (non-hydrogen) atoms. The van der Waals surface area contributed by atoms with Gasteiger partial charge in [-0.05, 0) is 22.9 Å². The van der Waals surface area contributed by atoms with Gasteiger partial charge in [0.15, 0.2) is 0 Å². The monoisotopic (exact) mass is 401 g/mol. The molecular weight excluding hydrogens is 387 g/mol. The normalized spacial score (nSPS) is 9.78. The second-order valence-corrected chi connectivity index (χ2v) is 5.44. The van der Waals surface area contributed by atoms with Crippen molar-refractivity contribution in [1.29, 1.82) is 0 Å². The van der Waals surface area contributed by atoms with Crippen LogP contribution in [0.5, 0.6) is 0 Å². The second kappa shape index (κ2) is 8.89. The molecule has 2 heterocycles. The number of rotatable bonds is 2. The van der Waals surface area contributed by atoms with Gasteiger partial charge in [0.25, 0.3) is 0 Å². The van der Waals surface area contributed by atoms with Crippen LogP contribution in [0.15, 0.2) is 73.1 Å². The zero-order valence-corrected chi connectivity index (χ0v) is 15.1. The predicted octanol–water partition coefficient (Wildman–Crippen LogP) is 3.86. The molecule has 2 aromatic carbocycles. The number of nitrogens with zero attached hydrogens (tertiary/aromatic N) is 2. The Morgan fingerprint density at radius 3 is 1.30 bits per heavy atom. The predicted molar refractivity (Wildman–Crippen MR) is 97.4 cm³/mol. The van der Waals surface area contributed by atoms with E-state index in [2.05, 4.69) is 9.97 Å². The van der Waals surface area contributed by atoms with Crippen LogP contribution in [0.2, 0.25) is 0 Å². The second-order valence-electron chi connectivity index (χ2n) is 5.44. The molecule has 0 saturated heterocycles. The molecule has 7 heteroatoms. The Bertz CT molecular complexity index is 1030. The van der Waals surface area contributed by atoms with Crippen molar-refractivity contribution >= 4 is 33.5 Å². The molecule has 4 rings (SSSR count). The Kier molecular flexibility index (Phi) is 6.60. The van der Waals surface area contributed by atoms with Crippen molar-refractivity contribution in [3.63, 3.8) is 0 Å². The van der Waals surface area contributed by atoms with Gasteiger partial charge in [-0.2, -0.15) is 0 Å². The third-order valence-corrected chi connectivity index (χ3v) is 3.70. The number of carboxylic acids is 2. The van der Waals surface area contributed by atoms with E-state index < -0.39 is 11.9 Å². The van der Waals surface area contributed by atoms with Crippen molar-refractivity contribution in [1.82, 2.24) is 9.97 Å². The van der Waals surface area contributed by atoms with Crippen LogP contribution in [0.25, 0.3) is 21.5 Å². The summed E-state index contributed by atoms with van der Waals surface area (Å²) in [7, 11) is 0. The molecule has 0 spiro atoms. The molecule has 0 bridgehead atoms. The average molecular weight is 401 g/mol. The molecular formula is C20H14MnN2O4. The number of carbonyl (C=O) groups is 2. The number of aromatic nitrogens is 2. The molecule has 0 amide bonds. The summed E-state index contributed by atoms with van der Waals surface area (Å²) >= 11 is 0. The zero-order valence-electron chi connectivity index (χ0n) is 13.9. The minimum absolute atomic E-state index is 0. The number of benzene rings is 2. The molecule has 4 aromatic rings. The number of carboxylic acid groups (broad SMARTS) is 2. The first-order valence-electron chi connectivity index (χ1n) is 7.71. The number of hydrogen-bond acceptors (Lipinski definition) is 4. The maximum absolute atomic E-state index is 10.6. The van der Waals surface area contributed by atoms with Crippen LogP contribution < -0.4 is 0 Å². The Hall–Kier alpha value is -3.28. The maximum Gasteiger partial charge on any atom is 0.354 e. The van der Waals surface area contributed by atoms with Gasteiger partial charge in [-0.1, -0.05) is 48.5 Å². The SMILES string of the molecule is O=C(O)c1cc2ccccc2cn1.O=C(O)c1cc2ccccc2cn1.[Mn]. The largest absolute Gasteiger partial charge is 0.477 e. The Morgan fingerprint density at radius 2 is 0.963 bits per heavy atom. The van der Waals surface area contributed by atoms with Gasteiger partial charge in [-0.3, -0.25) is 0 Å². The molecule has 0 unspecified atom stereocenters. The smallest absolute Gasteiger partial charge is 0.354 e. The van der Waals surface area contributed by atoms with Crippen molar-refractivity contribution in [3.8, 4) is 0 Å². The molecule has 0 aliphatic heterocycles. The average Bonchev–Trinajstić information content (AvgIpc) is 2.67. The third kappa shape index (κ3) is 4.88. The number of aromatic carboxylic acids is 2. The van der Waals surface area contributed by atoms with Crippen molar-refractivity contribution < 1.29 is 36.9 Å². The maximum atomic E-state index is 10.6. The van der Waals surface area contributed by atoms with E-state index in [0.29, 0.717) is 0 Å². The van der Waals surface area contributed by atoms with Gasteiger partial charge in [0.1, 0.15) is 11.4 Å². The molecule has 0 aliphatic carbocycles. The van der Waals surface area contributed by atoms with E-state index in [0.717, 1.165) is 21.5 Å². The topological polar surface area (TPSA) is 100 Å². The summed E-state index contributed by atoms with van der Waals surface area (Å²) in [6, 6.07) is 18.2. The van der Waals surface area contributed by atoms with Gasteiger partial charge in [0.05, 0.1) is 0 Å². The van der Waals surface area contributed by atoms with Crippen LogP contribution in [0.3, 0.4) is 0 Å². The van der Waals surface area contributed by atoms with E-state index in [4.69, 9.17) is 10.2 Å². The van der Waals surface area contributed by atoms with E-state index in [1.165, 1.54) is 0 Å². The first kappa shape index (κ1) is 20.0. The van der Waals surface area contributed by atoms with E-state index in [1.54, 1.807) is 24.5 Å². The molecule has 0 aliphatic rings. The standard InChI is InChI=1S/2C10H7NO2.Mn/c2*12-10(13)9-5-7-3-1-2-4-8(7)6-11-9;/h2*1-6H,(H,12,13);. The van der Waals surface area contributed by atoms with Crippen LogP contribution in [0.1, 0.15) is 21.0 Å². The van der Waals surface area contributed by atoms with Gasteiger partial charge >= 0.3 is 11.9 Å². The number of fused-ring (bicyclic) bond motifs is 2. The van der Waals surface area contributed by atoms with Crippen LogP contribution in [0.4, 0.5) is 0 Å². The summed E-state index contributed by atoms with van der Waals surface area (Å²) in [4.78, 5) is 28.8. The first-order valence-corrected chi connectivity index (χ1v) is 7.71. The van der Waals surface area contributed by atoms with Gasteiger partial charge in [-0.15, -0.1) is 0 Å². The third-order valence-electron chi connectivity index (χ3n) is 3.70. The van der Waals surface area contributed by atoms with Crippen molar-refractivity contribution in [3.05, 3.63) is 84.4 Å². The molecule has 0 saturated carbocycles. The van der Waals surface area contributed by atoms with Crippen LogP contribution >= 0.6 is 0 Å². The summed E-state index contributed by atoms with van der Waals surface area (Å²) in [5, 5.41) is 21.1. The molecule has 2 N–H and O–H groups in total. The van der Waals surface area contributed by atoms with E-state index in [9.17, 15) is 9.59 Å². The molecule has 135 valence electrons. The fourth-order valence-electron chi connectivity index (χ4n) is 2.40. The minimum atomic E-state index is -0.995. The van der Waals surface area contributed by atoms with Crippen molar-refractivity contribution in [2.75, 3.05) is 0 Å². The van der Waals surface area contributed by atoms with Gasteiger partial charge in [0, 0.05) is 40.2 Å². The molecule has 2 aromatic heterocycles. The summed E-state index contributed by atoms with van der Waals surface area (Å²) in [6.45, 7) is 0. The van der Waals surface area contributed by atoms with E-state index in [-0.39, 0.29) is 28.5 Å². The fourth-order valence-corrected chi connectivity index (χ4v) is 2.40. The zero-order chi connectivity index (χ0) is 18.5. The number of hydrogen-bond donors (Lipinski definition) is 2. The van der Waals surface area contributed by atoms with Crippen molar-refractivity contribution in [2.45, 2.75) is 0 Å². The van der Waals surface area contributed by atoms with E-state index >= 15 is 0 Å². The van der Waals surface area contributed by atoms with Gasteiger partial charge in [0.2, 0.25) is 0 Å². The van der Waals surface area contributed by atoms with Crippen LogP contribution in [-0.4, -0.2) is 32.1 Å². The van der Waals surface area contributed by atoms with Gasteiger partial charge < -0.3 is 10.2 Å². The molecule has 6 nitrogen and oxygen atoms in total. The van der Waals surface area contributed by atoms with Crippen LogP contribution in [0, 0.1) is 0 Å². The van der Waals surface area contributed by atoms with Crippen LogP contribution in [-0.2, 0) is 17.1 Å². The summed E-state index contributed by atoms with van der Waals surface area (Å²) in [5.41, 5.74) is 0.164. The molecule has 1 radical (unpaired) electrons. The Balaban J connectivity index is 0.000000187. The van der Waals surface area contributed by atoms with Gasteiger partial charge in [-0.25, -0.2) is 19.6 Å². The fraction of sp³-hybridized carbons (Fsp3) is 0. The number of pyridine rings is 2. The quantitative estimate of drug-likeness (QED) is 0.495. The first-order chi connectivity index (χ1) is 12.5. The Labute approximate surface area is 165 Å². The minimum Gasteiger partial charge on any atom is -0.477 e. The summed E-state index contributed by atoms with van der Waals surface area (Å²) < 4.78 is 0.